The number of nitrogens with one attached hydrogen (secondary N) is 1. The highest BCUT2D eigenvalue weighted by Crippen LogP contribution is 2.32. The molecule has 0 aliphatic carbocycles. The van der Waals surface area contributed by atoms with Crippen molar-refractivity contribution in [2.75, 3.05) is 5.32 Å². The number of aryl methyl sites for hydroxylation is 3. The van der Waals surface area contributed by atoms with E-state index in [-0.39, 0.29) is 17.9 Å². The van der Waals surface area contributed by atoms with Gasteiger partial charge >= 0.3 is 0 Å². The second-order valence-corrected chi connectivity index (χ2v) is 9.50. The van der Waals surface area contributed by atoms with Gasteiger partial charge in [0.25, 0.3) is 5.56 Å². The molecular weight excluding hydrogens is 458 g/mol. The SMILES string of the molecule is Cc1ccc(-n2c(C)cc(-c3csc(NC(=O)Cc4nn(C)c(=O)c5ccccc45)n3)c2C)cc1. The molecule has 5 rings (SSSR count). The third-order valence-corrected chi connectivity index (χ3v) is 6.87. The Hall–Kier alpha value is -4.04. The number of nitrogens with zero attached hydrogens (tertiary/aromatic N) is 4. The fourth-order valence-corrected chi connectivity index (χ4v) is 5.12. The van der Waals surface area contributed by atoms with Crippen molar-refractivity contribution in [1.29, 1.82) is 0 Å². The Morgan fingerprint density at radius 1 is 1.03 bits per heavy atom. The normalized spacial score (nSPS) is 11.2. The Morgan fingerprint density at radius 2 is 1.74 bits per heavy atom. The van der Waals surface area contributed by atoms with Crippen molar-refractivity contribution in [3.05, 3.63) is 93.0 Å². The Bertz CT molecular complexity index is 1630. The lowest BCUT2D eigenvalue weighted by atomic mass is 10.1. The summed E-state index contributed by atoms with van der Waals surface area (Å²) < 4.78 is 3.49. The Labute approximate surface area is 206 Å². The number of carbonyl (C=O) groups is 1. The van der Waals surface area contributed by atoms with Gasteiger partial charge in [-0.05, 0) is 45.0 Å². The molecule has 2 aromatic carbocycles. The summed E-state index contributed by atoms with van der Waals surface area (Å²) in [6.45, 7) is 6.24. The Morgan fingerprint density at radius 3 is 2.49 bits per heavy atom. The zero-order chi connectivity index (χ0) is 24.7. The molecule has 0 unspecified atom stereocenters. The number of carbonyl (C=O) groups excluding carboxylic acids is 1. The van der Waals surface area contributed by atoms with Gasteiger partial charge in [-0.25, -0.2) is 9.67 Å². The van der Waals surface area contributed by atoms with E-state index in [0.717, 1.165) is 28.3 Å². The van der Waals surface area contributed by atoms with Gasteiger partial charge in [-0.3, -0.25) is 9.59 Å². The summed E-state index contributed by atoms with van der Waals surface area (Å²) in [5, 5.41) is 10.9. The van der Waals surface area contributed by atoms with E-state index >= 15 is 0 Å². The monoisotopic (exact) mass is 483 g/mol. The van der Waals surface area contributed by atoms with Crippen LogP contribution < -0.4 is 10.9 Å². The highest BCUT2D eigenvalue weighted by Gasteiger charge is 2.17. The van der Waals surface area contributed by atoms with Gasteiger partial charge in [0.15, 0.2) is 5.13 Å². The molecular formula is C27H25N5O2S. The molecule has 0 saturated heterocycles. The van der Waals surface area contributed by atoms with Gasteiger partial charge in [0.05, 0.1) is 23.2 Å². The largest absolute Gasteiger partial charge is 0.318 e. The van der Waals surface area contributed by atoms with E-state index in [2.05, 4.69) is 71.1 Å². The lowest BCUT2D eigenvalue weighted by Gasteiger charge is -2.10. The number of anilines is 1. The molecule has 35 heavy (non-hydrogen) atoms. The zero-order valence-corrected chi connectivity index (χ0v) is 20.8. The number of rotatable bonds is 5. The molecule has 3 heterocycles. The van der Waals surface area contributed by atoms with Crippen molar-refractivity contribution in [2.45, 2.75) is 27.2 Å². The summed E-state index contributed by atoms with van der Waals surface area (Å²) in [6, 6.07) is 17.8. The summed E-state index contributed by atoms with van der Waals surface area (Å²) in [5.74, 6) is -0.229. The first-order valence-corrected chi connectivity index (χ1v) is 12.2. The number of aromatic nitrogens is 4. The highest BCUT2D eigenvalue weighted by molar-refractivity contribution is 7.14. The molecule has 0 saturated carbocycles. The third-order valence-electron chi connectivity index (χ3n) is 6.11. The molecule has 0 atom stereocenters. The number of benzene rings is 2. The molecule has 0 fully saturated rings. The summed E-state index contributed by atoms with van der Waals surface area (Å²) in [5.41, 5.74) is 6.77. The first-order valence-electron chi connectivity index (χ1n) is 11.3. The molecule has 7 nitrogen and oxygen atoms in total. The predicted molar refractivity (Wildman–Crippen MR) is 140 cm³/mol. The van der Waals surface area contributed by atoms with Crippen molar-refractivity contribution in [2.24, 2.45) is 7.05 Å². The van der Waals surface area contributed by atoms with E-state index in [9.17, 15) is 9.59 Å². The number of fused-ring (bicyclic) bond motifs is 1. The second-order valence-electron chi connectivity index (χ2n) is 8.64. The molecule has 0 bridgehead atoms. The van der Waals surface area contributed by atoms with Crippen LogP contribution in [0.1, 0.15) is 22.6 Å². The minimum Gasteiger partial charge on any atom is -0.318 e. The summed E-state index contributed by atoms with van der Waals surface area (Å²) in [6.07, 6.45) is 0.0471. The summed E-state index contributed by atoms with van der Waals surface area (Å²) in [7, 11) is 1.59. The van der Waals surface area contributed by atoms with E-state index in [0.29, 0.717) is 21.6 Å². The number of amides is 1. The smallest absolute Gasteiger partial charge is 0.274 e. The van der Waals surface area contributed by atoms with Gasteiger partial charge in [0.2, 0.25) is 5.91 Å². The molecule has 8 heteroatoms. The number of thiazole rings is 1. The van der Waals surface area contributed by atoms with Crippen LogP contribution in [0.4, 0.5) is 5.13 Å². The van der Waals surface area contributed by atoms with Crippen molar-refractivity contribution >= 4 is 33.1 Å². The molecule has 0 spiro atoms. The minimum atomic E-state index is -0.229. The highest BCUT2D eigenvalue weighted by atomic mass is 32.1. The van der Waals surface area contributed by atoms with Crippen LogP contribution in [0.3, 0.4) is 0 Å². The molecule has 3 aromatic heterocycles. The average Bonchev–Trinajstić information content (AvgIpc) is 3.41. The maximum Gasteiger partial charge on any atom is 0.274 e. The van der Waals surface area contributed by atoms with Gasteiger partial charge in [-0.1, -0.05) is 35.9 Å². The van der Waals surface area contributed by atoms with Crippen LogP contribution in [0, 0.1) is 20.8 Å². The average molecular weight is 484 g/mol. The second kappa shape index (κ2) is 8.96. The van der Waals surface area contributed by atoms with E-state index in [4.69, 9.17) is 0 Å². The van der Waals surface area contributed by atoms with Crippen LogP contribution in [0.5, 0.6) is 0 Å². The topological polar surface area (TPSA) is 81.8 Å². The first kappa shape index (κ1) is 22.7. The first-order chi connectivity index (χ1) is 16.8. The van der Waals surface area contributed by atoms with Crippen LogP contribution in [0.15, 0.2) is 64.8 Å². The van der Waals surface area contributed by atoms with Gasteiger partial charge in [-0.15, -0.1) is 11.3 Å². The number of hydrogen-bond acceptors (Lipinski definition) is 5. The predicted octanol–water partition coefficient (Wildman–Crippen LogP) is 4.95. The fourth-order valence-electron chi connectivity index (χ4n) is 4.39. The van der Waals surface area contributed by atoms with Crippen LogP contribution >= 0.6 is 11.3 Å². The van der Waals surface area contributed by atoms with E-state index in [1.54, 1.807) is 19.2 Å². The summed E-state index contributed by atoms with van der Waals surface area (Å²) in [4.78, 5) is 29.8. The molecule has 176 valence electrons. The molecule has 1 amide bonds. The van der Waals surface area contributed by atoms with Crippen molar-refractivity contribution < 1.29 is 4.79 Å². The lowest BCUT2D eigenvalue weighted by molar-refractivity contribution is -0.115. The Balaban J connectivity index is 1.38. The molecule has 0 aliphatic rings. The quantitative estimate of drug-likeness (QED) is 0.383. The van der Waals surface area contributed by atoms with Gasteiger partial charge in [-0.2, -0.15) is 5.10 Å². The third kappa shape index (κ3) is 4.28. The minimum absolute atomic E-state index is 0.0471. The van der Waals surface area contributed by atoms with E-state index in [1.165, 1.54) is 21.6 Å². The van der Waals surface area contributed by atoms with E-state index < -0.39 is 0 Å². The van der Waals surface area contributed by atoms with Gasteiger partial charge in [0, 0.05) is 40.5 Å². The molecule has 1 N–H and O–H groups in total. The van der Waals surface area contributed by atoms with E-state index in [1.807, 2.05) is 17.5 Å². The molecule has 0 aliphatic heterocycles. The molecule has 5 aromatic rings. The molecule has 0 radical (unpaired) electrons. The van der Waals surface area contributed by atoms with Gasteiger partial charge < -0.3 is 9.88 Å². The maximum absolute atomic E-state index is 12.8. The van der Waals surface area contributed by atoms with Gasteiger partial charge in [0.1, 0.15) is 0 Å². The lowest BCUT2D eigenvalue weighted by Crippen LogP contribution is -2.24. The summed E-state index contributed by atoms with van der Waals surface area (Å²) >= 11 is 1.39. The van der Waals surface area contributed by atoms with Crippen molar-refractivity contribution in [1.82, 2.24) is 19.3 Å². The maximum atomic E-state index is 12.8. The number of hydrogen-bond donors (Lipinski definition) is 1. The van der Waals surface area contributed by atoms with Crippen LogP contribution in [-0.4, -0.2) is 25.2 Å². The van der Waals surface area contributed by atoms with Crippen molar-refractivity contribution in [3.8, 4) is 16.9 Å². The van der Waals surface area contributed by atoms with Crippen molar-refractivity contribution in [3.63, 3.8) is 0 Å². The zero-order valence-electron chi connectivity index (χ0n) is 20.0. The van der Waals surface area contributed by atoms with Crippen LogP contribution in [0.2, 0.25) is 0 Å². The standard InChI is InChI=1S/C27H25N5O2S/c1-16-9-11-19(12-10-16)32-17(2)13-22(18(32)3)24-15-35-27(28-24)29-25(33)14-23-20-7-5-6-8-21(20)26(34)31(4)30-23/h5-13,15H,14H2,1-4H3,(H,28,29,33). The fraction of sp³-hybridized carbons (Fsp3) is 0.185. The Kier molecular flexibility index (Phi) is 5.82. The van der Waals surface area contributed by atoms with Crippen LogP contribution in [-0.2, 0) is 18.3 Å². The van der Waals surface area contributed by atoms with Crippen LogP contribution in [0.25, 0.3) is 27.7 Å².